The Hall–Kier alpha value is -2.58. The normalized spacial score (nSPS) is 23.1. The third-order valence-electron chi connectivity index (χ3n) is 6.89. The SMILES string of the molecule is Cc1cc(C)c2cc([C@H](c3nnnn3C[C@H]3CCCO3)N3CCC[C@H](C)C3)c(=O)[nH]c2c1. The molecule has 2 aromatic heterocycles. The molecule has 2 fully saturated rings. The summed E-state index contributed by atoms with van der Waals surface area (Å²) >= 11 is 0. The van der Waals surface area contributed by atoms with Gasteiger partial charge in [-0.05, 0) is 85.7 Å². The number of nitrogens with zero attached hydrogens (tertiary/aromatic N) is 5. The number of rotatable bonds is 5. The van der Waals surface area contributed by atoms with Gasteiger partial charge in [0.1, 0.15) is 6.04 Å². The minimum atomic E-state index is -0.289. The number of pyridine rings is 1. The molecule has 2 saturated heterocycles. The number of nitrogens with one attached hydrogen (secondary N) is 1. The van der Waals surface area contributed by atoms with E-state index < -0.39 is 0 Å². The molecule has 0 radical (unpaired) electrons. The second-order valence-electron chi connectivity index (χ2n) is 9.60. The Kier molecular flexibility index (Phi) is 5.82. The maximum Gasteiger partial charge on any atom is 0.253 e. The summed E-state index contributed by atoms with van der Waals surface area (Å²) in [6.45, 7) is 9.67. The second kappa shape index (κ2) is 8.75. The van der Waals surface area contributed by atoms with Crippen molar-refractivity contribution in [3.05, 3.63) is 51.1 Å². The highest BCUT2D eigenvalue weighted by atomic mass is 16.5. The van der Waals surface area contributed by atoms with Gasteiger partial charge in [0.15, 0.2) is 5.82 Å². The molecule has 1 aromatic carbocycles. The van der Waals surface area contributed by atoms with Crippen LogP contribution in [-0.4, -0.2) is 55.9 Å². The van der Waals surface area contributed by atoms with Crippen LogP contribution >= 0.6 is 0 Å². The molecule has 170 valence electrons. The van der Waals surface area contributed by atoms with E-state index in [9.17, 15) is 4.79 Å². The van der Waals surface area contributed by atoms with Crippen molar-refractivity contribution in [1.29, 1.82) is 0 Å². The van der Waals surface area contributed by atoms with Gasteiger partial charge in [0.25, 0.3) is 5.56 Å². The number of tetrazole rings is 1. The Morgan fingerprint density at radius 3 is 2.88 bits per heavy atom. The summed E-state index contributed by atoms with van der Waals surface area (Å²) in [5, 5.41) is 13.8. The van der Waals surface area contributed by atoms with Crippen LogP contribution < -0.4 is 5.56 Å². The van der Waals surface area contributed by atoms with Gasteiger partial charge in [0.2, 0.25) is 0 Å². The number of aromatic amines is 1. The van der Waals surface area contributed by atoms with Crippen molar-refractivity contribution in [1.82, 2.24) is 30.1 Å². The molecule has 8 nitrogen and oxygen atoms in total. The van der Waals surface area contributed by atoms with Crippen LogP contribution in [0.15, 0.2) is 23.0 Å². The van der Waals surface area contributed by atoms with Crippen molar-refractivity contribution in [2.24, 2.45) is 5.92 Å². The predicted molar refractivity (Wildman–Crippen MR) is 123 cm³/mol. The van der Waals surface area contributed by atoms with Gasteiger partial charge in [-0.25, -0.2) is 4.68 Å². The van der Waals surface area contributed by atoms with E-state index in [2.05, 4.69) is 58.3 Å². The Bertz CT molecular complexity index is 1160. The Morgan fingerprint density at radius 1 is 1.22 bits per heavy atom. The fourth-order valence-electron chi connectivity index (χ4n) is 5.37. The number of fused-ring (bicyclic) bond motifs is 1. The van der Waals surface area contributed by atoms with E-state index in [1.54, 1.807) is 0 Å². The fraction of sp³-hybridized carbons (Fsp3) is 0.583. The summed E-state index contributed by atoms with van der Waals surface area (Å²) in [5.41, 5.74) is 3.81. The lowest BCUT2D eigenvalue weighted by molar-refractivity contribution is 0.0889. The zero-order valence-electron chi connectivity index (χ0n) is 19.2. The van der Waals surface area contributed by atoms with E-state index in [-0.39, 0.29) is 17.7 Å². The van der Waals surface area contributed by atoms with E-state index in [1.165, 1.54) is 6.42 Å². The number of aromatic nitrogens is 5. The lowest BCUT2D eigenvalue weighted by Crippen LogP contribution is -2.41. The maximum atomic E-state index is 13.4. The molecule has 3 aromatic rings. The molecule has 2 aliphatic heterocycles. The van der Waals surface area contributed by atoms with Gasteiger partial charge in [-0.1, -0.05) is 13.0 Å². The standard InChI is InChI=1S/C24H32N6O2/c1-15-6-4-8-29(13-15)22(23-26-27-28-30(23)14-18-7-5-9-32-18)20-12-19-17(3)10-16(2)11-21(19)25-24(20)31/h10-12,15,18,22H,4-9,13-14H2,1-3H3,(H,25,31)/t15-,18+,22+/m0/s1. The van der Waals surface area contributed by atoms with Crippen LogP contribution in [0.3, 0.4) is 0 Å². The Balaban J connectivity index is 1.62. The predicted octanol–water partition coefficient (Wildman–Crippen LogP) is 3.13. The topological polar surface area (TPSA) is 88.9 Å². The zero-order chi connectivity index (χ0) is 22.2. The molecule has 0 bridgehead atoms. The number of likely N-dealkylation sites (tertiary alicyclic amines) is 1. The van der Waals surface area contributed by atoms with Crippen molar-refractivity contribution in [3.63, 3.8) is 0 Å². The number of benzene rings is 1. The number of aryl methyl sites for hydroxylation is 2. The summed E-state index contributed by atoms with van der Waals surface area (Å²) < 4.78 is 7.69. The van der Waals surface area contributed by atoms with Gasteiger partial charge >= 0.3 is 0 Å². The van der Waals surface area contributed by atoms with Crippen molar-refractivity contribution in [3.8, 4) is 0 Å². The molecule has 0 unspecified atom stereocenters. The molecular formula is C24H32N6O2. The molecule has 0 spiro atoms. The monoisotopic (exact) mass is 436 g/mol. The smallest absolute Gasteiger partial charge is 0.253 e. The molecule has 2 aliphatic rings. The number of piperidine rings is 1. The van der Waals surface area contributed by atoms with E-state index in [1.807, 2.05) is 10.7 Å². The summed E-state index contributed by atoms with van der Waals surface area (Å²) in [6, 6.07) is 5.96. The van der Waals surface area contributed by atoms with Crippen LogP contribution in [0.4, 0.5) is 0 Å². The average molecular weight is 437 g/mol. The quantitative estimate of drug-likeness (QED) is 0.661. The zero-order valence-corrected chi connectivity index (χ0v) is 19.2. The lowest BCUT2D eigenvalue weighted by Gasteiger charge is -2.36. The van der Waals surface area contributed by atoms with Crippen molar-refractivity contribution in [2.75, 3.05) is 19.7 Å². The first kappa shape index (κ1) is 21.3. The first-order valence-electron chi connectivity index (χ1n) is 11.8. The summed E-state index contributed by atoms with van der Waals surface area (Å²) in [5.74, 6) is 1.29. The highest BCUT2D eigenvalue weighted by Crippen LogP contribution is 2.32. The van der Waals surface area contributed by atoms with E-state index in [0.717, 1.165) is 66.8 Å². The van der Waals surface area contributed by atoms with Gasteiger partial charge in [-0.2, -0.15) is 0 Å². The van der Waals surface area contributed by atoms with Crippen LogP contribution in [0.2, 0.25) is 0 Å². The molecule has 0 amide bonds. The number of hydrogen-bond donors (Lipinski definition) is 1. The minimum absolute atomic E-state index is 0.0719. The largest absolute Gasteiger partial charge is 0.376 e. The molecule has 5 rings (SSSR count). The van der Waals surface area contributed by atoms with Crippen molar-refractivity contribution >= 4 is 10.9 Å². The van der Waals surface area contributed by atoms with E-state index in [0.29, 0.717) is 18.0 Å². The van der Waals surface area contributed by atoms with Crippen LogP contribution in [-0.2, 0) is 11.3 Å². The number of H-pyrrole nitrogens is 1. The van der Waals surface area contributed by atoms with Gasteiger partial charge < -0.3 is 9.72 Å². The Morgan fingerprint density at radius 2 is 2.09 bits per heavy atom. The molecule has 1 N–H and O–H groups in total. The minimum Gasteiger partial charge on any atom is -0.376 e. The van der Waals surface area contributed by atoms with Crippen molar-refractivity contribution in [2.45, 2.75) is 65.1 Å². The van der Waals surface area contributed by atoms with Gasteiger partial charge in [-0.3, -0.25) is 9.69 Å². The fourth-order valence-corrected chi connectivity index (χ4v) is 5.37. The number of hydrogen-bond acceptors (Lipinski definition) is 6. The third kappa shape index (κ3) is 4.09. The molecule has 3 atom stereocenters. The van der Waals surface area contributed by atoms with Gasteiger partial charge in [0.05, 0.1) is 12.6 Å². The molecular weight excluding hydrogens is 404 g/mol. The first-order chi connectivity index (χ1) is 15.5. The van der Waals surface area contributed by atoms with Gasteiger partial charge in [-0.15, -0.1) is 5.10 Å². The summed E-state index contributed by atoms with van der Waals surface area (Å²) in [4.78, 5) is 18.9. The average Bonchev–Trinajstić information content (AvgIpc) is 3.42. The van der Waals surface area contributed by atoms with Crippen LogP contribution in [0.25, 0.3) is 10.9 Å². The summed E-state index contributed by atoms with van der Waals surface area (Å²) in [6.07, 6.45) is 4.52. The Labute approximate surface area is 188 Å². The highest BCUT2D eigenvalue weighted by molar-refractivity contribution is 5.83. The van der Waals surface area contributed by atoms with Crippen molar-refractivity contribution < 1.29 is 4.74 Å². The summed E-state index contributed by atoms with van der Waals surface area (Å²) in [7, 11) is 0. The lowest BCUT2D eigenvalue weighted by atomic mass is 9.95. The van der Waals surface area contributed by atoms with Crippen LogP contribution in [0.1, 0.15) is 61.2 Å². The van der Waals surface area contributed by atoms with Crippen LogP contribution in [0, 0.1) is 19.8 Å². The molecule has 0 saturated carbocycles. The van der Waals surface area contributed by atoms with E-state index >= 15 is 0 Å². The first-order valence-corrected chi connectivity index (χ1v) is 11.8. The molecule has 0 aliphatic carbocycles. The van der Waals surface area contributed by atoms with Gasteiger partial charge in [0, 0.05) is 29.6 Å². The third-order valence-corrected chi connectivity index (χ3v) is 6.89. The molecule has 8 heteroatoms. The molecule has 4 heterocycles. The van der Waals surface area contributed by atoms with Crippen LogP contribution in [0.5, 0.6) is 0 Å². The highest BCUT2D eigenvalue weighted by Gasteiger charge is 2.33. The maximum absolute atomic E-state index is 13.4. The second-order valence-corrected chi connectivity index (χ2v) is 9.60. The number of ether oxygens (including phenoxy) is 1. The van der Waals surface area contributed by atoms with E-state index in [4.69, 9.17) is 4.74 Å². The molecule has 32 heavy (non-hydrogen) atoms.